The van der Waals surface area contributed by atoms with Gasteiger partial charge in [0.25, 0.3) is 0 Å². The van der Waals surface area contributed by atoms with Crippen LogP contribution in [0, 0.1) is 6.92 Å². The number of hydrogen-bond acceptors (Lipinski definition) is 3. The predicted molar refractivity (Wildman–Crippen MR) is 70.6 cm³/mol. The average molecular weight is 300 g/mol. The third-order valence-electron chi connectivity index (χ3n) is 2.54. The quantitative estimate of drug-likeness (QED) is 0.947. The summed E-state index contributed by atoms with van der Waals surface area (Å²) in [5.74, 6) is 0. The number of aryl methyl sites for hydroxylation is 2. The van der Waals surface area contributed by atoms with Gasteiger partial charge in [-0.3, -0.25) is 4.68 Å². The molecule has 0 saturated heterocycles. The molecule has 2 aromatic heterocycles. The lowest BCUT2D eigenvalue weighted by Gasteiger charge is -2.09. The standard InChI is InChI=1S/C11H14BrN3S/c1-7-3-9(15(2)14-7)5-10(13)8-4-11(12)16-6-8/h3-4,6,10H,5,13H2,1-2H3. The molecular weight excluding hydrogens is 286 g/mol. The second-order valence-corrected chi connectivity index (χ2v) is 6.19. The molecule has 0 fully saturated rings. The van der Waals surface area contributed by atoms with Crippen molar-refractivity contribution in [1.82, 2.24) is 9.78 Å². The minimum atomic E-state index is 0.0392. The van der Waals surface area contributed by atoms with Crippen molar-refractivity contribution in [2.45, 2.75) is 19.4 Å². The molecule has 0 aliphatic carbocycles. The van der Waals surface area contributed by atoms with Gasteiger partial charge in [0.1, 0.15) is 0 Å². The summed E-state index contributed by atoms with van der Waals surface area (Å²) in [6.07, 6.45) is 0.820. The molecule has 0 amide bonds. The van der Waals surface area contributed by atoms with Crippen molar-refractivity contribution in [3.05, 3.63) is 38.3 Å². The zero-order valence-electron chi connectivity index (χ0n) is 9.27. The van der Waals surface area contributed by atoms with E-state index >= 15 is 0 Å². The smallest absolute Gasteiger partial charge is 0.0701 e. The summed E-state index contributed by atoms with van der Waals surface area (Å²) in [5, 5.41) is 6.41. The maximum Gasteiger partial charge on any atom is 0.0701 e. The minimum absolute atomic E-state index is 0.0392. The fourth-order valence-electron chi connectivity index (χ4n) is 1.72. The van der Waals surface area contributed by atoms with Crippen LogP contribution in [-0.2, 0) is 13.5 Å². The Morgan fingerprint density at radius 1 is 1.56 bits per heavy atom. The largest absolute Gasteiger partial charge is 0.324 e. The van der Waals surface area contributed by atoms with Crippen LogP contribution in [0.5, 0.6) is 0 Å². The summed E-state index contributed by atoms with van der Waals surface area (Å²) in [5.41, 5.74) is 9.55. The van der Waals surface area contributed by atoms with Crippen LogP contribution in [0.4, 0.5) is 0 Å². The van der Waals surface area contributed by atoms with Gasteiger partial charge in [-0.25, -0.2) is 0 Å². The zero-order chi connectivity index (χ0) is 11.7. The van der Waals surface area contributed by atoms with Gasteiger partial charge in [0, 0.05) is 25.2 Å². The van der Waals surface area contributed by atoms with Crippen LogP contribution in [0.2, 0.25) is 0 Å². The molecule has 2 N–H and O–H groups in total. The topological polar surface area (TPSA) is 43.8 Å². The Morgan fingerprint density at radius 2 is 2.31 bits per heavy atom. The molecule has 1 unspecified atom stereocenters. The van der Waals surface area contributed by atoms with Crippen molar-refractivity contribution in [2.24, 2.45) is 12.8 Å². The van der Waals surface area contributed by atoms with Crippen molar-refractivity contribution >= 4 is 27.3 Å². The number of nitrogens with zero attached hydrogens (tertiary/aromatic N) is 2. The third-order valence-corrected chi connectivity index (χ3v) is 4.07. The fourth-order valence-corrected chi connectivity index (χ4v) is 2.96. The lowest BCUT2D eigenvalue weighted by molar-refractivity contribution is 0.641. The Morgan fingerprint density at radius 3 is 2.81 bits per heavy atom. The highest BCUT2D eigenvalue weighted by Gasteiger charge is 2.11. The van der Waals surface area contributed by atoms with Crippen molar-refractivity contribution in [1.29, 1.82) is 0 Å². The van der Waals surface area contributed by atoms with E-state index in [1.807, 2.05) is 18.7 Å². The molecule has 16 heavy (non-hydrogen) atoms. The maximum absolute atomic E-state index is 6.16. The van der Waals surface area contributed by atoms with Crippen LogP contribution in [0.1, 0.15) is 23.0 Å². The molecule has 5 heteroatoms. The highest BCUT2D eigenvalue weighted by atomic mass is 79.9. The summed E-state index contributed by atoms with van der Waals surface area (Å²) >= 11 is 5.12. The van der Waals surface area contributed by atoms with E-state index in [2.05, 4.69) is 38.5 Å². The number of thiophene rings is 1. The first-order valence-electron chi connectivity index (χ1n) is 5.05. The van der Waals surface area contributed by atoms with Crippen molar-refractivity contribution < 1.29 is 0 Å². The summed E-state index contributed by atoms with van der Waals surface area (Å²) < 4.78 is 3.02. The Labute approximate surface area is 107 Å². The molecule has 0 aliphatic rings. The SMILES string of the molecule is Cc1cc(CC(N)c2csc(Br)c2)n(C)n1. The van der Waals surface area contributed by atoms with E-state index in [0.29, 0.717) is 0 Å². The molecule has 0 saturated carbocycles. The zero-order valence-corrected chi connectivity index (χ0v) is 11.7. The summed E-state index contributed by atoms with van der Waals surface area (Å²) in [7, 11) is 1.96. The van der Waals surface area contributed by atoms with E-state index in [9.17, 15) is 0 Å². The van der Waals surface area contributed by atoms with Crippen LogP contribution in [0.3, 0.4) is 0 Å². The minimum Gasteiger partial charge on any atom is -0.324 e. The monoisotopic (exact) mass is 299 g/mol. The molecule has 0 radical (unpaired) electrons. The Hall–Kier alpha value is -0.650. The molecule has 3 nitrogen and oxygen atoms in total. The van der Waals surface area contributed by atoms with Gasteiger partial charge < -0.3 is 5.73 Å². The highest BCUT2D eigenvalue weighted by molar-refractivity contribution is 9.11. The third kappa shape index (κ3) is 2.53. The molecule has 0 bridgehead atoms. The number of halogens is 1. The van der Waals surface area contributed by atoms with Crippen molar-refractivity contribution in [3.63, 3.8) is 0 Å². The van der Waals surface area contributed by atoms with Gasteiger partial charge in [0.05, 0.1) is 9.48 Å². The van der Waals surface area contributed by atoms with Gasteiger partial charge in [0.2, 0.25) is 0 Å². The molecule has 0 aliphatic heterocycles. The molecule has 0 spiro atoms. The van der Waals surface area contributed by atoms with Gasteiger partial charge in [-0.15, -0.1) is 11.3 Å². The molecule has 0 aromatic carbocycles. The summed E-state index contributed by atoms with van der Waals surface area (Å²) in [6.45, 7) is 2.00. The molecule has 86 valence electrons. The first kappa shape index (κ1) is 11.8. The van der Waals surface area contributed by atoms with Gasteiger partial charge in [0.15, 0.2) is 0 Å². The second kappa shape index (κ2) is 4.69. The summed E-state index contributed by atoms with van der Waals surface area (Å²) in [4.78, 5) is 0. The van der Waals surface area contributed by atoms with E-state index < -0.39 is 0 Å². The highest BCUT2D eigenvalue weighted by Crippen LogP contribution is 2.26. The number of nitrogens with two attached hydrogens (primary N) is 1. The average Bonchev–Trinajstić information content (AvgIpc) is 2.74. The fraction of sp³-hybridized carbons (Fsp3) is 0.364. The lowest BCUT2D eigenvalue weighted by atomic mass is 10.1. The normalized spacial score (nSPS) is 13.0. The van der Waals surface area contributed by atoms with E-state index in [4.69, 9.17) is 5.73 Å². The first-order valence-corrected chi connectivity index (χ1v) is 6.72. The number of aromatic nitrogens is 2. The predicted octanol–water partition coefficient (Wildman–Crippen LogP) is 2.80. The molecule has 1 atom stereocenters. The molecule has 2 heterocycles. The van der Waals surface area contributed by atoms with E-state index in [-0.39, 0.29) is 6.04 Å². The van der Waals surface area contributed by atoms with Crippen LogP contribution < -0.4 is 5.73 Å². The molecule has 2 rings (SSSR count). The Balaban J connectivity index is 2.13. The van der Waals surface area contributed by atoms with E-state index in [1.165, 1.54) is 11.3 Å². The van der Waals surface area contributed by atoms with E-state index in [1.54, 1.807) is 11.3 Å². The van der Waals surface area contributed by atoms with Crippen molar-refractivity contribution in [3.8, 4) is 0 Å². The van der Waals surface area contributed by atoms with Crippen LogP contribution in [-0.4, -0.2) is 9.78 Å². The van der Waals surface area contributed by atoms with Crippen LogP contribution in [0.15, 0.2) is 21.3 Å². The number of rotatable bonds is 3. The summed E-state index contributed by atoms with van der Waals surface area (Å²) in [6, 6.07) is 4.21. The van der Waals surface area contributed by atoms with Crippen LogP contribution >= 0.6 is 27.3 Å². The Bertz CT molecular complexity index is 489. The maximum atomic E-state index is 6.16. The van der Waals surface area contributed by atoms with Gasteiger partial charge >= 0.3 is 0 Å². The van der Waals surface area contributed by atoms with Gasteiger partial charge in [-0.05, 0) is 45.9 Å². The van der Waals surface area contributed by atoms with Gasteiger partial charge in [-0.1, -0.05) is 0 Å². The van der Waals surface area contributed by atoms with Gasteiger partial charge in [-0.2, -0.15) is 5.10 Å². The second-order valence-electron chi connectivity index (χ2n) is 3.90. The molecule has 2 aromatic rings. The van der Waals surface area contributed by atoms with E-state index in [0.717, 1.165) is 15.9 Å². The van der Waals surface area contributed by atoms with Crippen molar-refractivity contribution in [2.75, 3.05) is 0 Å². The number of hydrogen-bond donors (Lipinski definition) is 1. The first-order chi connectivity index (χ1) is 7.56. The molecular formula is C11H14BrN3S. The van der Waals surface area contributed by atoms with Crippen LogP contribution in [0.25, 0.3) is 0 Å². The Kier molecular flexibility index (Phi) is 3.47. The lowest BCUT2D eigenvalue weighted by Crippen LogP contribution is -2.14.